The third-order valence-corrected chi connectivity index (χ3v) is 3.44. The lowest BCUT2D eigenvalue weighted by atomic mass is 10.4. The lowest BCUT2D eigenvalue weighted by Gasteiger charge is -2.04. The molecule has 0 radical (unpaired) electrons. The van der Waals surface area contributed by atoms with E-state index in [-0.39, 0.29) is 0 Å². The second kappa shape index (κ2) is 4.79. The summed E-state index contributed by atoms with van der Waals surface area (Å²) in [5.41, 5.74) is 2.09. The van der Waals surface area contributed by atoms with Crippen LogP contribution in [0.4, 0.5) is 0 Å². The predicted octanol–water partition coefficient (Wildman–Crippen LogP) is 1.42. The van der Waals surface area contributed by atoms with Crippen molar-refractivity contribution in [1.82, 2.24) is 24.7 Å². The number of aromatic nitrogens is 4. The van der Waals surface area contributed by atoms with Crippen LogP contribution in [0.15, 0.2) is 24.1 Å². The van der Waals surface area contributed by atoms with Gasteiger partial charge in [0, 0.05) is 36.6 Å². The Bertz CT molecular complexity index is 627. The minimum absolute atomic E-state index is 0.680. The van der Waals surface area contributed by atoms with E-state index in [1.54, 1.807) is 31.0 Å². The number of H-pyrrole nitrogens is 1. The van der Waals surface area contributed by atoms with Crippen molar-refractivity contribution in [3.8, 4) is 5.88 Å². The Morgan fingerprint density at radius 1 is 1.50 bits per heavy atom. The highest BCUT2D eigenvalue weighted by Crippen LogP contribution is 2.22. The smallest absolute Gasteiger partial charge is 0.237 e. The fraction of sp³-hybridized carbons (Fsp3) is 0.273. The van der Waals surface area contributed by atoms with Gasteiger partial charge in [0.15, 0.2) is 4.96 Å². The van der Waals surface area contributed by atoms with Gasteiger partial charge in [-0.15, -0.1) is 11.3 Å². The number of thiazole rings is 1. The van der Waals surface area contributed by atoms with Gasteiger partial charge in [-0.25, -0.2) is 4.98 Å². The van der Waals surface area contributed by atoms with E-state index >= 15 is 0 Å². The standard InChI is InChI=1S/C11H13N5OS/c1-17-10-9(16-2-3-18-11(16)15-10)6-12-4-8-5-13-7-14-8/h2-3,5,7,12H,4,6H2,1H3,(H,13,14). The number of ether oxygens (including phenoxy) is 1. The molecule has 0 atom stereocenters. The maximum atomic E-state index is 5.29. The van der Waals surface area contributed by atoms with Crippen molar-refractivity contribution in [1.29, 1.82) is 0 Å². The summed E-state index contributed by atoms with van der Waals surface area (Å²) in [6.45, 7) is 1.43. The van der Waals surface area contributed by atoms with Crippen LogP contribution in [0.5, 0.6) is 5.88 Å². The van der Waals surface area contributed by atoms with Crippen molar-refractivity contribution in [3.05, 3.63) is 35.5 Å². The molecule has 0 unspecified atom stereocenters. The Balaban J connectivity index is 1.74. The zero-order valence-corrected chi connectivity index (χ0v) is 10.7. The van der Waals surface area contributed by atoms with Crippen LogP contribution in [0.3, 0.4) is 0 Å². The van der Waals surface area contributed by atoms with Gasteiger partial charge in [0.2, 0.25) is 5.88 Å². The molecule has 0 fully saturated rings. The number of aromatic amines is 1. The van der Waals surface area contributed by atoms with Crippen LogP contribution in [-0.4, -0.2) is 26.5 Å². The normalized spacial score (nSPS) is 11.2. The van der Waals surface area contributed by atoms with Gasteiger partial charge in [-0.3, -0.25) is 4.40 Å². The zero-order chi connectivity index (χ0) is 12.4. The molecule has 7 heteroatoms. The first-order valence-electron chi connectivity index (χ1n) is 5.55. The van der Waals surface area contributed by atoms with Crippen LogP contribution in [-0.2, 0) is 13.1 Å². The topological polar surface area (TPSA) is 67.2 Å². The number of hydrogen-bond acceptors (Lipinski definition) is 5. The Hall–Kier alpha value is -1.86. The van der Waals surface area contributed by atoms with Gasteiger partial charge in [0.05, 0.1) is 13.4 Å². The summed E-state index contributed by atoms with van der Waals surface area (Å²) in [5.74, 6) is 0.680. The maximum absolute atomic E-state index is 5.29. The van der Waals surface area contributed by atoms with Crippen LogP contribution in [0.1, 0.15) is 11.4 Å². The largest absolute Gasteiger partial charge is 0.480 e. The molecule has 3 aromatic heterocycles. The second-order valence-corrected chi connectivity index (χ2v) is 4.68. The number of rotatable bonds is 5. The number of nitrogens with one attached hydrogen (secondary N) is 2. The molecule has 0 bridgehead atoms. The number of methoxy groups -OCH3 is 1. The molecule has 0 aliphatic carbocycles. The summed E-state index contributed by atoms with van der Waals surface area (Å²) in [7, 11) is 1.64. The zero-order valence-electron chi connectivity index (χ0n) is 9.88. The van der Waals surface area contributed by atoms with Crippen molar-refractivity contribution < 1.29 is 4.74 Å². The summed E-state index contributed by atoms with van der Waals surface area (Å²) >= 11 is 1.60. The molecule has 0 saturated heterocycles. The molecule has 0 aliphatic rings. The summed E-state index contributed by atoms with van der Waals surface area (Å²) in [4.78, 5) is 12.4. The van der Waals surface area contributed by atoms with Gasteiger partial charge in [-0.05, 0) is 0 Å². The van der Waals surface area contributed by atoms with E-state index in [1.165, 1.54) is 0 Å². The first kappa shape index (κ1) is 11.2. The SMILES string of the molecule is COc1nc2sccn2c1CNCc1cnc[nH]1. The van der Waals surface area contributed by atoms with Crippen LogP contribution >= 0.6 is 11.3 Å². The molecule has 0 spiro atoms. The average molecular weight is 263 g/mol. The molecule has 3 heterocycles. The van der Waals surface area contributed by atoms with Crippen LogP contribution in [0.25, 0.3) is 4.96 Å². The quantitative estimate of drug-likeness (QED) is 0.730. The van der Waals surface area contributed by atoms with Crippen molar-refractivity contribution in [2.45, 2.75) is 13.1 Å². The van der Waals surface area contributed by atoms with Crippen LogP contribution in [0.2, 0.25) is 0 Å². The highest BCUT2D eigenvalue weighted by atomic mass is 32.1. The van der Waals surface area contributed by atoms with Gasteiger partial charge in [0.25, 0.3) is 0 Å². The Labute approximate surface area is 108 Å². The number of imidazole rings is 2. The fourth-order valence-corrected chi connectivity index (χ4v) is 2.56. The minimum Gasteiger partial charge on any atom is -0.480 e. The molecule has 2 N–H and O–H groups in total. The van der Waals surface area contributed by atoms with Gasteiger partial charge in [-0.1, -0.05) is 0 Å². The fourth-order valence-electron chi connectivity index (χ4n) is 1.83. The van der Waals surface area contributed by atoms with E-state index in [9.17, 15) is 0 Å². The van der Waals surface area contributed by atoms with Crippen molar-refractivity contribution in [3.63, 3.8) is 0 Å². The summed E-state index contributed by atoms with van der Waals surface area (Å²) < 4.78 is 7.34. The third kappa shape index (κ3) is 1.98. The molecule has 18 heavy (non-hydrogen) atoms. The Morgan fingerprint density at radius 2 is 2.44 bits per heavy atom. The summed E-state index contributed by atoms with van der Waals surface area (Å²) in [5, 5.41) is 5.35. The molecule has 6 nitrogen and oxygen atoms in total. The van der Waals surface area contributed by atoms with E-state index in [0.29, 0.717) is 12.4 Å². The van der Waals surface area contributed by atoms with Crippen molar-refractivity contribution >= 4 is 16.3 Å². The van der Waals surface area contributed by atoms with Crippen LogP contribution in [0, 0.1) is 0 Å². The Morgan fingerprint density at radius 3 is 3.22 bits per heavy atom. The van der Waals surface area contributed by atoms with Gasteiger partial charge < -0.3 is 15.0 Å². The second-order valence-electron chi connectivity index (χ2n) is 3.80. The molecule has 3 aromatic rings. The number of hydrogen-bond donors (Lipinski definition) is 2. The monoisotopic (exact) mass is 263 g/mol. The third-order valence-electron chi connectivity index (χ3n) is 2.68. The molecule has 0 saturated carbocycles. The molecule has 94 valence electrons. The molecular formula is C11H13N5OS. The molecule has 0 aromatic carbocycles. The molecule has 0 amide bonds. The number of nitrogens with zero attached hydrogens (tertiary/aromatic N) is 3. The number of fused-ring (bicyclic) bond motifs is 1. The summed E-state index contributed by atoms with van der Waals surface area (Å²) in [6, 6.07) is 0. The highest BCUT2D eigenvalue weighted by Gasteiger charge is 2.12. The van der Waals surface area contributed by atoms with Gasteiger partial charge >= 0.3 is 0 Å². The van der Waals surface area contributed by atoms with E-state index in [0.717, 1.165) is 22.9 Å². The lowest BCUT2D eigenvalue weighted by Crippen LogP contribution is -2.14. The van der Waals surface area contributed by atoms with Gasteiger partial charge in [-0.2, -0.15) is 4.98 Å². The maximum Gasteiger partial charge on any atom is 0.237 e. The minimum atomic E-state index is 0.680. The average Bonchev–Trinajstić information content (AvgIpc) is 3.06. The first-order chi connectivity index (χ1) is 8.88. The molecular weight excluding hydrogens is 250 g/mol. The van der Waals surface area contributed by atoms with Gasteiger partial charge in [0.1, 0.15) is 5.69 Å². The first-order valence-corrected chi connectivity index (χ1v) is 6.43. The van der Waals surface area contributed by atoms with E-state index in [1.807, 2.05) is 16.0 Å². The Kier molecular flexibility index (Phi) is 2.99. The van der Waals surface area contributed by atoms with E-state index in [2.05, 4.69) is 20.3 Å². The lowest BCUT2D eigenvalue weighted by molar-refractivity contribution is 0.392. The molecule has 0 aliphatic heterocycles. The van der Waals surface area contributed by atoms with E-state index in [4.69, 9.17) is 4.74 Å². The van der Waals surface area contributed by atoms with Crippen molar-refractivity contribution in [2.75, 3.05) is 7.11 Å². The van der Waals surface area contributed by atoms with Crippen molar-refractivity contribution in [2.24, 2.45) is 0 Å². The summed E-state index contributed by atoms with van der Waals surface area (Å²) in [6.07, 6.45) is 5.48. The predicted molar refractivity (Wildman–Crippen MR) is 68.8 cm³/mol. The van der Waals surface area contributed by atoms with Crippen LogP contribution < -0.4 is 10.1 Å². The highest BCUT2D eigenvalue weighted by molar-refractivity contribution is 7.15. The van der Waals surface area contributed by atoms with E-state index < -0.39 is 0 Å². The molecule has 3 rings (SSSR count).